The quantitative estimate of drug-likeness (QED) is 0.589. The van der Waals surface area contributed by atoms with Crippen molar-refractivity contribution in [2.75, 3.05) is 13.2 Å². The number of ether oxygens (including phenoxy) is 2. The summed E-state index contributed by atoms with van der Waals surface area (Å²) in [5, 5.41) is 3.24. The van der Waals surface area contributed by atoms with Crippen molar-refractivity contribution in [2.24, 2.45) is 0 Å². The molecular weight excluding hydrogens is 418 g/mol. The lowest BCUT2D eigenvalue weighted by atomic mass is 9.86. The van der Waals surface area contributed by atoms with E-state index in [1.807, 2.05) is 20.0 Å². The van der Waals surface area contributed by atoms with Gasteiger partial charge >= 0.3 is 6.01 Å². The normalized spacial score (nSPS) is 14.5. The summed E-state index contributed by atoms with van der Waals surface area (Å²) in [7, 11) is 0. The zero-order valence-corrected chi connectivity index (χ0v) is 18.1. The van der Waals surface area contributed by atoms with Crippen LogP contribution < -0.4 is 10.1 Å². The molecule has 0 bridgehead atoms. The first-order chi connectivity index (χ1) is 15.1. The Morgan fingerprint density at radius 3 is 2.84 bits per heavy atom. The van der Waals surface area contributed by atoms with Gasteiger partial charge in [0.15, 0.2) is 0 Å². The Morgan fingerprint density at radius 1 is 1.16 bits per heavy atom. The second kappa shape index (κ2) is 7.94. The molecule has 4 heterocycles. The molecule has 0 saturated carbocycles. The highest BCUT2D eigenvalue weighted by Crippen LogP contribution is 2.41. The molecule has 0 unspecified atom stereocenters. The van der Waals surface area contributed by atoms with Gasteiger partial charge in [0.2, 0.25) is 5.88 Å². The number of nitrogens with zero attached hydrogens (tertiary/aromatic N) is 3. The molecule has 1 amide bonds. The first kappa shape index (κ1) is 20.0. The number of pyridine rings is 1. The number of aromatic nitrogens is 4. The van der Waals surface area contributed by atoms with E-state index in [0.29, 0.717) is 36.4 Å². The van der Waals surface area contributed by atoms with E-state index in [1.165, 1.54) is 0 Å². The fourth-order valence-corrected chi connectivity index (χ4v) is 4.45. The Balaban J connectivity index is 1.50. The first-order valence-corrected chi connectivity index (χ1v) is 10.7. The number of halogens is 1. The predicted molar refractivity (Wildman–Crippen MR) is 115 cm³/mol. The van der Waals surface area contributed by atoms with Crippen molar-refractivity contribution >= 4 is 17.5 Å². The molecule has 0 saturated heterocycles. The average molecular weight is 440 g/mol. The van der Waals surface area contributed by atoms with Gasteiger partial charge in [0.1, 0.15) is 5.15 Å². The summed E-state index contributed by atoms with van der Waals surface area (Å²) in [6, 6.07) is 0.127. The minimum atomic E-state index is 0.000525. The number of aryl methyl sites for hydroxylation is 1. The number of H-pyrrole nitrogens is 1. The number of aromatic amines is 1. The Morgan fingerprint density at radius 2 is 2.03 bits per heavy atom. The molecule has 8 nitrogen and oxygen atoms in total. The molecule has 0 radical (unpaired) electrons. The average Bonchev–Trinajstić information content (AvgIpc) is 3.15. The lowest BCUT2D eigenvalue weighted by Gasteiger charge is -2.20. The molecular formula is C22H22ClN5O3. The molecule has 0 atom stereocenters. The van der Waals surface area contributed by atoms with Crippen LogP contribution in [0.15, 0.2) is 12.4 Å². The summed E-state index contributed by atoms with van der Waals surface area (Å²) in [6.07, 6.45) is 5.86. The first-order valence-electron chi connectivity index (χ1n) is 10.3. The van der Waals surface area contributed by atoms with E-state index < -0.39 is 0 Å². The van der Waals surface area contributed by atoms with E-state index in [2.05, 4.69) is 25.3 Å². The Bertz CT molecular complexity index is 1190. The smallest absolute Gasteiger partial charge is 0.324 e. The number of amides is 1. The fourth-order valence-electron chi connectivity index (χ4n) is 4.27. The molecule has 2 aliphatic rings. The summed E-state index contributed by atoms with van der Waals surface area (Å²) in [4.78, 5) is 28.9. The summed E-state index contributed by atoms with van der Waals surface area (Å²) < 4.78 is 11.3. The van der Waals surface area contributed by atoms with Crippen LogP contribution in [-0.4, -0.2) is 39.0 Å². The maximum Gasteiger partial charge on any atom is 0.324 e. The molecule has 1 aliphatic carbocycles. The summed E-state index contributed by atoms with van der Waals surface area (Å²) in [5.74, 6) is 0.415. The van der Waals surface area contributed by atoms with Crippen molar-refractivity contribution in [1.29, 1.82) is 0 Å². The second-order valence-electron chi connectivity index (χ2n) is 7.63. The second-order valence-corrected chi connectivity index (χ2v) is 7.99. The fraction of sp³-hybridized carbons (Fsp3) is 0.364. The minimum absolute atomic E-state index is 0.000525. The van der Waals surface area contributed by atoms with Gasteiger partial charge in [0, 0.05) is 54.4 Å². The molecule has 9 heteroatoms. The molecule has 0 aromatic carbocycles. The van der Waals surface area contributed by atoms with Crippen LogP contribution in [0.1, 0.15) is 45.2 Å². The van der Waals surface area contributed by atoms with Crippen molar-refractivity contribution in [3.05, 3.63) is 51.1 Å². The number of hydrogen-bond acceptors (Lipinski definition) is 6. The zero-order chi connectivity index (χ0) is 21.5. The summed E-state index contributed by atoms with van der Waals surface area (Å²) >= 11 is 6.25. The number of rotatable bonds is 5. The number of fused-ring (bicyclic) bond motifs is 5. The van der Waals surface area contributed by atoms with Crippen molar-refractivity contribution in [1.82, 2.24) is 25.3 Å². The lowest BCUT2D eigenvalue weighted by Crippen LogP contribution is -2.32. The van der Waals surface area contributed by atoms with Crippen molar-refractivity contribution in [3.63, 3.8) is 0 Å². The van der Waals surface area contributed by atoms with Crippen LogP contribution in [0.25, 0.3) is 11.3 Å². The third-order valence-corrected chi connectivity index (χ3v) is 6.08. The number of carbonyl (C=O) groups excluding carboxylic acids is 1. The van der Waals surface area contributed by atoms with Gasteiger partial charge in [-0.25, -0.2) is 9.97 Å². The largest absolute Gasteiger partial charge is 0.405 e. The third-order valence-electron chi connectivity index (χ3n) is 5.76. The molecule has 160 valence electrons. The minimum Gasteiger partial charge on any atom is -0.405 e. The maximum atomic E-state index is 12.4. The maximum absolute atomic E-state index is 12.4. The van der Waals surface area contributed by atoms with Gasteiger partial charge in [0.05, 0.1) is 17.9 Å². The topological polar surface area (TPSA) is 102 Å². The predicted octanol–water partition coefficient (Wildman–Crippen LogP) is 3.54. The van der Waals surface area contributed by atoms with Crippen LogP contribution in [0, 0.1) is 6.92 Å². The Labute approximate surface area is 184 Å². The van der Waals surface area contributed by atoms with Crippen LogP contribution in [0.4, 0.5) is 0 Å². The van der Waals surface area contributed by atoms with Crippen LogP contribution in [0.3, 0.4) is 0 Å². The number of hydrogen-bond donors (Lipinski definition) is 2. The summed E-state index contributed by atoms with van der Waals surface area (Å²) in [5.41, 5.74) is 7.58. The van der Waals surface area contributed by atoms with Crippen LogP contribution in [0.2, 0.25) is 5.15 Å². The molecule has 3 aromatic rings. The third kappa shape index (κ3) is 3.45. The molecule has 1 aliphatic heterocycles. The summed E-state index contributed by atoms with van der Waals surface area (Å²) in [6.45, 7) is 5.45. The van der Waals surface area contributed by atoms with Gasteiger partial charge < -0.3 is 19.8 Å². The van der Waals surface area contributed by atoms with E-state index in [9.17, 15) is 4.79 Å². The molecule has 3 aromatic heterocycles. The van der Waals surface area contributed by atoms with Gasteiger partial charge in [-0.15, -0.1) is 0 Å². The molecule has 31 heavy (non-hydrogen) atoms. The SMILES string of the molecule is CCOCc1cnc(Oc2ncc3c(c2C)-c2[nH]c4c(c2CC3)C(=O)NCC4)nc1Cl. The highest BCUT2D eigenvalue weighted by Gasteiger charge is 2.31. The van der Waals surface area contributed by atoms with Crippen LogP contribution in [0.5, 0.6) is 11.9 Å². The van der Waals surface area contributed by atoms with E-state index in [-0.39, 0.29) is 11.9 Å². The van der Waals surface area contributed by atoms with Gasteiger partial charge in [-0.1, -0.05) is 11.6 Å². The van der Waals surface area contributed by atoms with Gasteiger partial charge in [-0.3, -0.25) is 4.79 Å². The van der Waals surface area contributed by atoms with Gasteiger partial charge in [-0.2, -0.15) is 4.98 Å². The Hall–Kier alpha value is -2.97. The van der Waals surface area contributed by atoms with Crippen molar-refractivity contribution in [2.45, 2.75) is 39.7 Å². The number of nitrogens with one attached hydrogen (secondary N) is 2. The van der Waals surface area contributed by atoms with Crippen molar-refractivity contribution < 1.29 is 14.3 Å². The van der Waals surface area contributed by atoms with Crippen LogP contribution >= 0.6 is 11.6 Å². The van der Waals surface area contributed by atoms with Crippen molar-refractivity contribution in [3.8, 4) is 23.1 Å². The monoisotopic (exact) mass is 439 g/mol. The van der Waals surface area contributed by atoms with E-state index in [0.717, 1.165) is 58.5 Å². The van der Waals surface area contributed by atoms with Gasteiger partial charge in [0.25, 0.3) is 5.91 Å². The highest BCUT2D eigenvalue weighted by molar-refractivity contribution is 6.30. The van der Waals surface area contributed by atoms with Gasteiger partial charge in [-0.05, 0) is 37.8 Å². The van der Waals surface area contributed by atoms with Crippen LogP contribution in [-0.2, 0) is 30.6 Å². The zero-order valence-electron chi connectivity index (χ0n) is 17.3. The Kier molecular flexibility index (Phi) is 5.11. The standard InChI is InChI=1S/C22H22ClN5O3/c1-3-30-10-13-9-26-22(28-19(13)23)31-21-11(2)16-12(8-25-21)4-5-14-17-15(27-18(14)16)6-7-24-20(17)29/h8-9,27H,3-7,10H2,1-2H3,(H,24,29). The molecule has 2 N–H and O–H groups in total. The lowest BCUT2D eigenvalue weighted by molar-refractivity contribution is 0.0945. The van der Waals surface area contributed by atoms with E-state index >= 15 is 0 Å². The molecule has 0 spiro atoms. The molecule has 0 fully saturated rings. The van der Waals surface area contributed by atoms with E-state index in [4.69, 9.17) is 21.1 Å². The number of carbonyl (C=O) groups is 1. The highest BCUT2D eigenvalue weighted by atomic mass is 35.5. The van der Waals surface area contributed by atoms with E-state index in [1.54, 1.807) is 6.20 Å². The molecule has 5 rings (SSSR count).